The van der Waals surface area contributed by atoms with E-state index in [0.29, 0.717) is 18.1 Å². The first-order valence-electron chi connectivity index (χ1n) is 10.3. The molecule has 0 bridgehead atoms. The molecular weight excluding hydrogens is 398 g/mol. The molecule has 1 heterocycles. The van der Waals surface area contributed by atoms with Crippen molar-refractivity contribution < 1.29 is 43.2 Å². The highest BCUT2D eigenvalue weighted by Gasteiger charge is 2.42. The number of hydrogen-bond donors (Lipinski definition) is 1. The van der Waals surface area contributed by atoms with Crippen LogP contribution in [0.25, 0.3) is 0 Å². The van der Waals surface area contributed by atoms with E-state index < -0.39 is 48.1 Å². The monoisotopic (exact) mass is 433 g/mol. The molecule has 1 rings (SSSR count). The van der Waals surface area contributed by atoms with Gasteiger partial charge in [-0.25, -0.2) is 14.4 Å². The Hall–Kier alpha value is -1.91. The molecule has 0 radical (unpaired) electrons. The summed E-state index contributed by atoms with van der Waals surface area (Å²) in [7, 11) is 0. The number of carbonyl (C=O) groups is 3. The fraction of sp³-hybridized carbons (Fsp3) is 0.850. The largest absolute Gasteiger partial charge is 0.464 e. The number of carbonyl (C=O) groups excluding carboxylic acids is 2. The number of ether oxygens (including phenoxy) is 5. The predicted molar refractivity (Wildman–Crippen MR) is 106 cm³/mol. The van der Waals surface area contributed by atoms with Crippen molar-refractivity contribution >= 4 is 18.2 Å². The molecule has 30 heavy (non-hydrogen) atoms. The predicted octanol–water partition coefficient (Wildman–Crippen LogP) is 2.82. The molecule has 2 amide bonds. The molecule has 0 saturated carbocycles. The van der Waals surface area contributed by atoms with Crippen molar-refractivity contribution in [2.75, 3.05) is 26.4 Å². The second kappa shape index (κ2) is 12.1. The van der Waals surface area contributed by atoms with Crippen LogP contribution in [0.15, 0.2) is 0 Å². The van der Waals surface area contributed by atoms with Gasteiger partial charge in [-0.15, -0.1) is 0 Å². The Bertz CT molecular complexity index is 575. The lowest BCUT2D eigenvalue weighted by molar-refractivity contribution is -0.169. The van der Waals surface area contributed by atoms with E-state index in [1.54, 1.807) is 27.7 Å². The summed E-state index contributed by atoms with van der Waals surface area (Å²) in [5.41, 5.74) is -0.945. The third-order valence-electron chi connectivity index (χ3n) is 4.12. The second-order valence-electron chi connectivity index (χ2n) is 8.07. The van der Waals surface area contributed by atoms with Crippen molar-refractivity contribution in [3.05, 3.63) is 0 Å². The topological polar surface area (TPSA) is 121 Å². The summed E-state index contributed by atoms with van der Waals surface area (Å²) >= 11 is 0. The highest BCUT2D eigenvalue weighted by Crippen LogP contribution is 2.20. The maximum Gasteiger partial charge on any atom is 0.420 e. The van der Waals surface area contributed by atoms with Crippen LogP contribution in [-0.4, -0.2) is 84.5 Å². The van der Waals surface area contributed by atoms with Crippen molar-refractivity contribution in [1.82, 2.24) is 4.90 Å². The summed E-state index contributed by atoms with van der Waals surface area (Å²) < 4.78 is 27.9. The van der Waals surface area contributed by atoms with Gasteiger partial charge in [-0.05, 0) is 40.5 Å². The average Bonchev–Trinajstić information content (AvgIpc) is 2.66. The van der Waals surface area contributed by atoms with E-state index >= 15 is 0 Å². The Labute approximate surface area is 177 Å². The van der Waals surface area contributed by atoms with Gasteiger partial charge in [0.05, 0.1) is 13.2 Å². The first-order valence-corrected chi connectivity index (χ1v) is 10.3. The molecule has 0 aromatic rings. The quantitative estimate of drug-likeness (QED) is 0.604. The summed E-state index contributed by atoms with van der Waals surface area (Å²) in [6.07, 6.45) is -3.14. The average molecular weight is 433 g/mol. The van der Waals surface area contributed by atoms with Gasteiger partial charge in [-0.1, -0.05) is 13.8 Å². The molecule has 1 aliphatic heterocycles. The van der Waals surface area contributed by atoms with Crippen molar-refractivity contribution in [1.29, 1.82) is 0 Å². The van der Waals surface area contributed by atoms with Crippen LogP contribution in [0.4, 0.5) is 9.59 Å². The molecule has 10 nitrogen and oxygen atoms in total. The number of cyclic esters (lactones) is 1. The van der Waals surface area contributed by atoms with Crippen LogP contribution in [0.5, 0.6) is 0 Å². The molecular formula is C20H35NO9. The molecule has 10 heteroatoms. The van der Waals surface area contributed by atoms with Crippen LogP contribution in [0.3, 0.4) is 0 Å². The second-order valence-corrected chi connectivity index (χ2v) is 8.07. The van der Waals surface area contributed by atoms with Crippen LogP contribution in [-0.2, 0) is 28.5 Å². The van der Waals surface area contributed by atoms with E-state index in [4.69, 9.17) is 23.7 Å². The fourth-order valence-corrected chi connectivity index (χ4v) is 2.83. The lowest BCUT2D eigenvalue weighted by Gasteiger charge is -2.31. The molecule has 4 atom stereocenters. The van der Waals surface area contributed by atoms with Crippen LogP contribution < -0.4 is 0 Å². The molecule has 1 N–H and O–H groups in total. The summed E-state index contributed by atoms with van der Waals surface area (Å²) in [6, 6.07) is -1.52. The zero-order valence-corrected chi connectivity index (χ0v) is 18.7. The highest BCUT2D eigenvalue weighted by atomic mass is 16.6. The zero-order chi connectivity index (χ0) is 22.9. The van der Waals surface area contributed by atoms with Crippen LogP contribution >= 0.6 is 0 Å². The van der Waals surface area contributed by atoms with Gasteiger partial charge in [0.1, 0.15) is 23.9 Å². The van der Waals surface area contributed by atoms with Gasteiger partial charge in [-0.3, -0.25) is 0 Å². The highest BCUT2D eigenvalue weighted by molar-refractivity contribution is 5.93. The van der Waals surface area contributed by atoms with E-state index in [9.17, 15) is 19.5 Å². The van der Waals surface area contributed by atoms with Gasteiger partial charge in [0.2, 0.25) is 0 Å². The maximum absolute atomic E-state index is 12.8. The molecule has 174 valence electrons. The van der Waals surface area contributed by atoms with E-state index in [2.05, 4.69) is 0 Å². The SMILES string of the molecule is CCCO[C@H]1[C@H](C)OC(=O)[C@@H](N(C(=O)O)C(=O)OC(C)(C)C)COC[C@@H]1OCCC. The Morgan fingerprint density at radius 3 is 2.27 bits per heavy atom. The summed E-state index contributed by atoms with van der Waals surface area (Å²) in [4.78, 5) is 37.3. The molecule has 1 fully saturated rings. The minimum Gasteiger partial charge on any atom is -0.464 e. The van der Waals surface area contributed by atoms with Gasteiger partial charge in [-0.2, -0.15) is 4.90 Å². The summed E-state index contributed by atoms with van der Waals surface area (Å²) in [5.74, 6) is -0.919. The smallest absolute Gasteiger partial charge is 0.420 e. The number of imide groups is 1. The van der Waals surface area contributed by atoms with Gasteiger partial charge in [0.25, 0.3) is 0 Å². The number of hydrogen-bond acceptors (Lipinski definition) is 8. The minimum absolute atomic E-state index is 0.0492. The van der Waals surface area contributed by atoms with Gasteiger partial charge in [0, 0.05) is 13.2 Å². The molecule has 0 unspecified atom stereocenters. The molecule has 1 aliphatic rings. The summed E-state index contributed by atoms with van der Waals surface area (Å²) in [6.45, 7) is 10.9. The molecule has 0 spiro atoms. The van der Waals surface area contributed by atoms with Crippen LogP contribution in [0.1, 0.15) is 54.4 Å². The Kier molecular flexibility index (Phi) is 10.5. The number of rotatable bonds is 7. The zero-order valence-electron chi connectivity index (χ0n) is 18.7. The fourth-order valence-electron chi connectivity index (χ4n) is 2.83. The van der Waals surface area contributed by atoms with E-state index in [-0.39, 0.29) is 13.2 Å². The van der Waals surface area contributed by atoms with Crippen molar-refractivity contribution in [2.24, 2.45) is 0 Å². The van der Waals surface area contributed by atoms with E-state index in [0.717, 1.165) is 12.8 Å². The molecule has 1 saturated heterocycles. The first-order chi connectivity index (χ1) is 14.0. The number of amides is 2. The minimum atomic E-state index is -1.64. The molecule has 0 aromatic heterocycles. The Morgan fingerprint density at radius 2 is 1.73 bits per heavy atom. The Morgan fingerprint density at radius 1 is 1.13 bits per heavy atom. The normalized spacial score (nSPS) is 25.5. The lowest BCUT2D eigenvalue weighted by Crippen LogP contribution is -2.53. The van der Waals surface area contributed by atoms with Crippen LogP contribution in [0.2, 0.25) is 0 Å². The number of esters is 1. The van der Waals surface area contributed by atoms with E-state index in [1.165, 1.54) is 0 Å². The first kappa shape index (κ1) is 26.1. The third-order valence-corrected chi connectivity index (χ3v) is 4.12. The number of nitrogens with zero attached hydrogens (tertiary/aromatic N) is 1. The Balaban J connectivity index is 3.11. The van der Waals surface area contributed by atoms with Gasteiger partial charge < -0.3 is 28.8 Å². The molecule has 0 aliphatic carbocycles. The summed E-state index contributed by atoms with van der Waals surface area (Å²) in [5, 5.41) is 9.56. The van der Waals surface area contributed by atoms with E-state index in [1.807, 2.05) is 13.8 Å². The number of carboxylic acid groups (broad SMARTS) is 1. The van der Waals surface area contributed by atoms with Crippen molar-refractivity contribution in [3.63, 3.8) is 0 Å². The third kappa shape index (κ3) is 8.08. The van der Waals surface area contributed by atoms with Crippen molar-refractivity contribution in [3.8, 4) is 0 Å². The standard InChI is InChI=1S/C20H35NO9/c1-7-9-27-15-12-26-11-14(17(22)29-13(3)16(15)28-10-8-2)21(18(23)24)19(25)30-20(4,5)6/h13-16H,7-12H2,1-6H3,(H,23,24)/t13-,14-,15-,16-/m0/s1. The molecule has 0 aromatic carbocycles. The van der Waals surface area contributed by atoms with Crippen molar-refractivity contribution in [2.45, 2.75) is 84.3 Å². The van der Waals surface area contributed by atoms with Gasteiger partial charge >= 0.3 is 18.2 Å². The lowest BCUT2D eigenvalue weighted by atomic mass is 10.1. The maximum atomic E-state index is 12.8. The van der Waals surface area contributed by atoms with Crippen LogP contribution in [0, 0.1) is 0 Å². The van der Waals surface area contributed by atoms with Gasteiger partial charge in [0.15, 0.2) is 6.04 Å².